The van der Waals surface area contributed by atoms with Crippen molar-refractivity contribution < 1.29 is 4.79 Å². The van der Waals surface area contributed by atoms with E-state index < -0.39 is 0 Å². The van der Waals surface area contributed by atoms with Crippen molar-refractivity contribution in [1.29, 1.82) is 0 Å². The van der Waals surface area contributed by atoms with Gasteiger partial charge in [0.25, 0.3) is 0 Å². The molecule has 20 heavy (non-hydrogen) atoms. The standard InChI is InChI=1S/C16H22N2OS/c1-11(15(17)20)10-18(2)16(19)14-9-5-7-12-6-3-4-8-13(12)14/h3-4,6,8,11,14H,5,7,9-10H2,1-2H3,(H2,17,20). The third kappa shape index (κ3) is 3.18. The number of nitrogens with zero attached hydrogens (tertiary/aromatic N) is 1. The van der Waals surface area contributed by atoms with Crippen molar-refractivity contribution in [2.75, 3.05) is 13.6 Å². The van der Waals surface area contributed by atoms with Gasteiger partial charge in [0.2, 0.25) is 5.91 Å². The van der Waals surface area contributed by atoms with E-state index in [1.165, 1.54) is 11.1 Å². The van der Waals surface area contributed by atoms with Crippen LogP contribution in [0.2, 0.25) is 0 Å². The van der Waals surface area contributed by atoms with Gasteiger partial charge in [-0.05, 0) is 30.4 Å². The van der Waals surface area contributed by atoms with E-state index in [-0.39, 0.29) is 17.7 Å². The Labute approximate surface area is 126 Å². The quantitative estimate of drug-likeness (QED) is 0.867. The number of hydrogen-bond acceptors (Lipinski definition) is 2. The fraction of sp³-hybridized carbons (Fsp3) is 0.500. The highest BCUT2D eigenvalue weighted by Crippen LogP contribution is 2.32. The molecule has 0 saturated carbocycles. The first-order chi connectivity index (χ1) is 9.50. The Morgan fingerprint density at radius 2 is 2.20 bits per heavy atom. The number of likely N-dealkylation sites (N-methyl/N-ethyl adjacent to an activating group) is 1. The summed E-state index contributed by atoms with van der Waals surface area (Å²) < 4.78 is 0. The smallest absolute Gasteiger partial charge is 0.229 e. The molecule has 0 spiro atoms. The third-order valence-electron chi connectivity index (χ3n) is 4.08. The second-order valence-corrected chi connectivity index (χ2v) is 6.14. The zero-order valence-corrected chi connectivity index (χ0v) is 13.0. The molecule has 2 atom stereocenters. The highest BCUT2D eigenvalue weighted by atomic mass is 32.1. The minimum Gasteiger partial charge on any atom is -0.393 e. The van der Waals surface area contributed by atoms with Gasteiger partial charge in [-0.2, -0.15) is 0 Å². The first-order valence-corrected chi connectivity index (χ1v) is 7.53. The molecule has 2 rings (SSSR count). The third-order valence-corrected chi connectivity index (χ3v) is 4.48. The van der Waals surface area contributed by atoms with E-state index in [2.05, 4.69) is 12.1 Å². The normalized spacial score (nSPS) is 19.0. The summed E-state index contributed by atoms with van der Waals surface area (Å²) in [5.41, 5.74) is 8.14. The van der Waals surface area contributed by atoms with Gasteiger partial charge in [0.1, 0.15) is 0 Å². The van der Waals surface area contributed by atoms with Crippen LogP contribution in [0, 0.1) is 5.92 Å². The summed E-state index contributed by atoms with van der Waals surface area (Å²) in [5.74, 6) is 0.224. The van der Waals surface area contributed by atoms with Gasteiger partial charge in [-0.25, -0.2) is 0 Å². The molecule has 1 aliphatic carbocycles. The number of fused-ring (bicyclic) bond motifs is 1. The predicted molar refractivity (Wildman–Crippen MR) is 85.7 cm³/mol. The summed E-state index contributed by atoms with van der Waals surface area (Å²) >= 11 is 4.98. The molecule has 0 aromatic heterocycles. The maximum atomic E-state index is 12.7. The molecule has 0 radical (unpaired) electrons. The van der Waals surface area contributed by atoms with Crippen LogP contribution in [0.3, 0.4) is 0 Å². The zero-order chi connectivity index (χ0) is 14.7. The zero-order valence-electron chi connectivity index (χ0n) is 12.1. The molecule has 1 aromatic carbocycles. The Balaban J connectivity index is 2.12. The van der Waals surface area contributed by atoms with Crippen LogP contribution in [0.1, 0.15) is 36.8 Å². The Morgan fingerprint density at radius 1 is 1.50 bits per heavy atom. The molecule has 1 aliphatic rings. The largest absolute Gasteiger partial charge is 0.393 e. The summed E-state index contributed by atoms with van der Waals surface area (Å²) in [6, 6.07) is 8.28. The lowest BCUT2D eigenvalue weighted by Gasteiger charge is -2.29. The second kappa shape index (κ2) is 6.35. The number of nitrogens with two attached hydrogens (primary N) is 1. The van der Waals surface area contributed by atoms with E-state index >= 15 is 0 Å². The SMILES string of the molecule is CC(CN(C)C(=O)C1CCCc2ccccc21)C(N)=S. The van der Waals surface area contributed by atoms with Crippen LogP contribution in [-0.2, 0) is 11.2 Å². The maximum Gasteiger partial charge on any atom is 0.229 e. The first kappa shape index (κ1) is 15.0. The van der Waals surface area contributed by atoms with Crippen molar-refractivity contribution in [3.05, 3.63) is 35.4 Å². The van der Waals surface area contributed by atoms with Crippen LogP contribution in [0.15, 0.2) is 24.3 Å². The number of carbonyl (C=O) groups is 1. The van der Waals surface area contributed by atoms with Gasteiger partial charge in [0.15, 0.2) is 0 Å². The van der Waals surface area contributed by atoms with Gasteiger partial charge in [0.05, 0.1) is 10.9 Å². The fourth-order valence-electron chi connectivity index (χ4n) is 2.87. The molecule has 1 amide bonds. The van der Waals surface area contributed by atoms with E-state index in [0.29, 0.717) is 11.5 Å². The van der Waals surface area contributed by atoms with Crippen molar-refractivity contribution in [2.24, 2.45) is 11.7 Å². The Bertz CT molecular complexity index is 515. The molecule has 4 heteroatoms. The minimum atomic E-state index is -0.0107. The van der Waals surface area contributed by atoms with Crippen LogP contribution in [0.25, 0.3) is 0 Å². The maximum absolute atomic E-state index is 12.7. The number of aryl methyl sites for hydroxylation is 1. The molecule has 0 saturated heterocycles. The van der Waals surface area contributed by atoms with Gasteiger partial charge in [-0.1, -0.05) is 43.4 Å². The van der Waals surface area contributed by atoms with Crippen LogP contribution in [0.4, 0.5) is 0 Å². The van der Waals surface area contributed by atoms with Crippen molar-refractivity contribution >= 4 is 23.1 Å². The molecule has 2 N–H and O–H groups in total. The highest BCUT2D eigenvalue weighted by Gasteiger charge is 2.28. The van der Waals surface area contributed by atoms with Crippen LogP contribution in [-0.4, -0.2) is 29.4 Å². The lowest BCUT2D eigenvalue weighted by molar-refractivity contribution is -0.132. The molecule has 108 valence electrons. The van der Waals surface area contributed by atoms with E-state index in [1.807, 2.05) is 26.1 Å². The molecule has 0 heterocycles. The average Bonchev–Trinajstić information content (AvgIpc) is 2.45. The molecule has 0 bridgehead atoms. The van der Waals surface area contributed by atoms with Gasteiger partial charge in [-0.15, -0.1) is 0 Å². The second-order valence-electron chi connectivity index (χ2n) is 5.67. The number of carbonyl (C=O) groups excluding carboxylic acids is 1. The van der Waals surface area contributed by atoms with Crippen LogP contribution < -0.4 is 5.73 Å². The van der Waals surface area contributed by atoms with Crippen LogP contribution >= 0.6 is 12.2 Å². The Kier molecular flexibility index (Phi) is 4.76. The van der Waals surface area contributed by atoms with Gasteiger partial charge >= 0.3 is 0 Å². The molecule has 2 unspecified atom stereocenters. The molecular formula is C16H22N2OS. The number of thiocarbonyl (C=S) groups is 1. The minimum absolute atomic E-state index is 0.0107. The van der Waals surface area contributed by atoms with Crippen molar-refractivity contribution in [1.82, 2.24) is 4.90 Å². The summed E-state index contributed by atoms with van der Waals surface area (Å²) in [7, 11) is 1.84. The van der Waals surface area contributed by atoms with Crippen LogP contribution in [0.5, 0.6) is 0 Å². The monoisotopic (exact) mass is 290 g/mol. The first-order valence-electron chi connectivity index (χ1n) is 7.12. The van der Waals surface area contributed by atoms with Gasteiger partial charge in [-0.3, -0.25) is 4.79 Å². The van der Waals surface area contributed by atoms with E-state index in [0.717, 1.165) is 19.3 Å². The lowest BCUT2D eigenvalue weighted by atomic mass is 9.82. The number of amides is 1. The van der Waals surface area contributed by atoms with Crippen molar-refractivity contribution in [3.63, 3.8) is 0 Å². The summed E-state index contributed by atoms with van der Waals surface area (Å²) in [6.45, 7) is 2.55. The van der Waals surface area contributed by atoms with Crippen molar-refractivity contribution in [2.45, 2.75) is 32.1 Å². The Hall–Kier alpha value is -1.42. The Morgan fingerprint density at radius 3 is 2.90 bits per heavy atom. The number of benzene rings is 1. The summed E-state index contributed by atoms with van der Waals surface area (Å²) in [6.07, 6.45) is 3.08. The van der Waals surface area contributed by atoms with Crippen molar-refractivity contribution in [3.8, 4) is 0 Å². The lowest BCUT2D eigenvalue weighted by Crippen LogP contribution is -2.38. The molecular weight excluding hydrogens is 268 g/mol. The fourth-order valence-corrected chi connectivity index (χ4v) is 2.94. The molecule has 1 aromatic rings. The highest BCUT2D eigenvalue weighted by molar-refractivity contribution is 7.80. The number of hydrogen-bond donors (Lipinski definition) is 1. The van der Waals surface area contributed by atoms with E-state index in [1.54, 1.807) is 4.90 Å². The van der Waals surface area contributed by atoms with Gasteiger partial charge in [0, 0.05) is 19.5 Å². The van der Waals surface area contributed by atoms with Gasteiger partial charge < -0.3 is 10.6 Å². The number of rotatable bonds is 4. The van der Waals surface area contributed by atoms with E-state index in [4.69, 9.17) is 18.0 Å². The summed E-state index contributed by atoms with van der Waals surface area (Å²) in [4.78, 5) is 14.9. The molecule has 0 fully saturated rings. The molecule has 0 aliphatic heterocycles. The molecule has 3 nitrogen and oxygen atoms in total. The van der Waals surface area contributed by atoms with E-state index in [9.17, 15) is 4.79 Å². The summed E-state index contributed by atoms with van der Waals surface area (Å²) in [5, 5.41) is 0. The average molecular weight is 290 g/mol. The predicted octanol–water partition coefficient (Wildman–Crippen LogP) is 2.49. The topological polar surface area (TPSA) is 46.3 Å².